The molecule has 0 aliphatic rings. The van der Waals surface area contributed by atoms with E-state index in [2.05, 4.69) is 28.5 Å². The lowest BCUT2D eigenvalue weighted by Crippen LogP contribution is -2.27. The van der Waals surface area contributed by atoms with Crippen LogP contribution in [0.25, 0.3) is 10.9 Å². The fourth-order valence-corrected chi connectivity index (χ4v) is 3.04. The Kier molecular flexibility index (Phi) is 5.39. The van der Waals surface area contributed by atoms with Crippen LogP contribution >= 0.6 is 0 Å². The summed E-state index contributed by atoms with van der Waals surface area (Å²) in [6.45, 7) is 5.10. The normalized spacial score (nSPS) is 10.8. The molecule has 0 radical (unpaired) electrons. The third kappa shape index (κ3) is 4.63. The summed E-state index contributed by atoms with van der Waals surface area (Å²) in [7, 11) is 0. The SMILES string of the molecule is Cc1cc(C)cc(OCCC(=O)NCCc2c[nH]c3ccccc23)c1. The van der Waals surface area contributed by atoms with Crippen molar-refractivity contribution in [3.8, 4) is 5.75 Å². The summed E-state index contributed by atoms with van der Waals surface area (Å²) in [5.74, 6) is 0.841. The number of fused-ring (bicyclic) bond motifs is 1. The largest absolute Gasteiger partial charge is 0.493 e. The summed E-state index contributed by atoms with van der Waals surface area (Å²) in [6, 6.07) is 14.3. The fraction of sp³-hybridized carbons (Fsp3) is 0.286. The van der Waals surface area contributed by atoms with Crippen LogP contribution in [-0.2, 0) is 11.2 Å². The Morgan fingerprint density at radius 1 is 1.12 bits per heavy atom. The highest BCUT2D eigenvalue weighted by atomic mass is 16.5. The third-order valence-electron chi connectivity index (χ3n) is 4.18. The first-order valence-corrected chi connectivity index (χ1v) is 8.64. The monoisotopic (exact) mass is 336 g/mol. The van der Waals surface area contributed by atoms with Crippen LogP contribution in [0.5, 0.6) is 5.75 Å². The molecule has 130 valence electrons. The first kappa shape index (κ1) is 17.1. The van der Waals surface area contributed by atoms with Crippen molar-refractivity contribution in [3.05, 3.63) is 65.4 Å². The van der Waals surface area contributed by atoms with E-state index in [1.807, 2.05) is 44.3 Å². The number of rotatable bonds is 7. The standard InChI is InChI=1S/C21H24N2O2/c1-15-11-16(2)13-18(12-15)25-10-8-21(24)22-9-7-17-14-23-20-6-4-3-5-19(17)20/h3-6,11-14,23H,7-10H2,1-2H3,(H,22,24). The van der Waals surface area contributed by atoms with Gasteiger partial charge in [0.1, 0.15) is 5.75 Å². The van der Waals surface area contributed by atoms with Crippen molar-refractivity contribution in [2.45, 2.75) is 26.7 Å². The molecule has 1 aromatic heterocycles. The van der Waals surface area contributed by atoms with Gasteiger partial charge in [-0.15, -0.1) is 0 Å². The highest BCUT2D eigenvalue weighted by Gasteiger charge is 2.05. The molecule has 1 amide bonds. The number of carbonyl (C=O) groups is 1. The Morgan fingerprint density at radius 3 is 2.68 bits per heavy atom. The molecular weight excluding hydrogens is 312 g/mol. The van der Waals surface area contributed by atoms with Gasteiger partial charge in [-0.3, -0.25) is 4.79 Å². The number of amides is 1. The summed E-state index contributed by atoms with van der Waals surface area (Å²) in [5, 5.41) is 4.18. The van der Waals surface area contributed by atoms with Crippen molar-refractivity contribution in [1.29, 1.82) is 0 Å². The second-order valence-electron chi connectivity index (χ2n) is 6.38. The molecule has 25 heavy (non-hydrogen) atoms. The van der Waals surface area contributed by atoms with E-state index >= 15 is 0 Å². The van der Waals surface area contributed by atoms with E-state index in [-0.39, 0.29) is 5.91 Å². The van der Waals surface area contributed by atoms with Crippen molar-refractivity contribution >= 4 is 16.8 Å². The molecule has 4 heteroatoms. The van der Waals surface area contributed by atoms with Crippen LogP contribution in [0.3, 0.4) is 0 Å². The average molecular weight is 336 g/mol. The fourth-order valence-electron chi connectivity index (χ4n) is 3.04. The number of aryl methyl sites for hydroxylation is 2. The van der Waals surface area contributed by atoms with Gasteiger partial charge < -0.3 is 15.0 Å². The first-order chi connectivity index (χ1) is 12.1. The molecule has 0 saturated heterocycles. The van der Waals surface area contributed by atoms with Crippen LogP contribution in [0.4, 0.5) is 0 Å². The lowest BCUT2D eigenvalue weighted by Gasteiger charge is -2.09. The minimum absolute atomic E-state index is 0.0178. The molecular formula is C21H24N2O2. The molecule has 1 heterocycles. The van der Waals surface area contributed by atoms with Crippen LogP contribution in [-0.4, -0.2) is 24.0 Å². The molecule has 0 spiro atoms. The van der Waals surface area contributed by atoms with Gasteiger partial charge in [0, 0.05) is 23.6 Å². The van der Waals surface area contributed by atoms with E-state index < -0.39 is 0 Å². The van der Waals surface area contributed by atoms with Gasteiger partial charge in [-0.2, -0.15) is 0 Å². The van der Waals surface area contributed by atoms with Gasteiger partial charge >= 0.3 is 0 Å². The first-order valence-electron chi connectivity index (χ1n) is 8.64. The van der Waals surface area contributed by atoms with Gasteiger partial charge in [-0.1, -0.05) is 24.3 Å². The second-order valence-corrected chi connectivity index (χ2v) is 6.38. The lowest BCUT2D eigenvalue weighted by atomic mass is 10.1. The maximum absolute atomic E-state index is 12.0. The zero-order valence-electron chi connectivity index (χ0n) is 14.8. The van der Waals surface area contributed by atoms with E-state index in [0.717, 1.165) is 28.8 Å². The van der Waals surface area contributed by atoms with Crippen LogP contribution in [0.1, 0.15) is 23.1 Å². The van der Waals surface area contributed by atoms with Crippen molar-refractivity contribution < 1.29 is 9.53 Å². The van der Waals surface area contributed by atoms with Crippen molar-refractivity contribution in [2.75, 3.05) is 13.2 Å². The average Bonchev–Trinajstić information content (AvgIpc) is 2.97. The number of ether oxygens (including phenoxy) is 1. The van der Waals surface area contributed by atoms with Crippen molar-refractivity contribution in [2.24, 2.45) is 0 Å². The predicted molar refractivity (Wildman–Crippen MR) is 101 cm³/mol. The highest BCUT2D eigenvalue weighted by molar-refractivity contribution is 5.83. The molecule has 2 N–H and O–H groups in total. The van der Waals surface area contributed by atoms with Gasteiger partial charge in [0.25, 0.3) is 0 Å². The molecule has 0 aliphatic carbocycles. The summed E-state index contributed by atoms with van der Waals surface area (Å²) >= 11 is 0. The Morgan fingerprint density at radius 2 is 1.88 bits per heavy atom. The van der Waals surface area contributed by atoms with Gasteiger partial charge in [0.15, 0.2) is 0 Å². The molecule has 3 aromatic rings. The summed E-state index contributed by atoms with van der Waals surface area (Å²) < 4.78 is 5.68. The zero-order valence-corrected chi connectivity index (χ0v) is 14.8. The minimum atomic E-state index is 0.0178. The quantitative estimate of drug-likeness (QED) is 0.687. The maximum Gasteiger partial charge on any atom is 0.223 e. The third-order valence-corrected chi connectivity index (χ3v) is 4.18. The Hall–Kier alpha value is -2.75. The highest BCUT2D eigenvalue weighted by Crippen LogP contribution is 2.18. The number of benzene rings is 2. The zero-order chi connectivity index (χ0) is 17.6. The van der Waals surface area contributed by atoms with Crippen LogP contribution in [0.2, 0.25) is 0 Å². The Bertz CT molecular complexity index is 847. The van der Waals surface area contributed by atoms with Gasteiger partial charge in [0.2, 0.25) is 5.91 Å². The second kappa shape index (κ2) is 7.88. The maximum atomic E-state index is 12.0. The van der Waals surface area contributed by atoms with E-state index in [1.165, 1.54) is 10.9 Å². The smallest absolute Gasteiger partial charge is 0.223 e. The molecule has 2 aromatic carbocycles. The number of hydrogen-bond acceptors (Lipinski definition) is 2. The predicted octanol–water partition coefficient (Wildman–Crippen LogP) is 3.91. The van der Waals surface area contributed by atoms with Crippen LogP contribution < -0.4 is 10.1 Å². The van der Waals surface area contributed by atoms with Crippen LogP contribution in [0.15, 0.2) is 48.7 Å². The minimum Gasteiger partial charge on any atom is -0.493 e. The number of aromatic nitrogens is 1. The number of para-hydroxylation sites is 1. The van der Waals surface area contributed by atoms with E-state index in [4.69, 9.17) is 4.74 Å². The number of H-pyrrole nitrogens is 1. The molecule has 0 atom stereocenters. The summed E-state index contributed by atoms with van der Waals surface area (Å²) in [5.41, 5.74) is 4.68. The van der Waals surface area contributed by atoms with Crippen molar-refractivity contribution in [3.63, 3.8) is 0 Å². The number of aromatic amines is 1. The topological polar surface area (TPSA) is 54.1 Å². The van der Waals surface area contributed by atoms with Gasteiger partial charge in [0.05, 0.1) is 13.0 Å². The van der Waals surface area contributed by atoms with Crippen molar-refractivity contribution in [1.82, 2.24) is 10.3 Å². The number of carbonyl (C=O) groups excluding carboxylic acids is 1. The molecule has 3 rings (SSSR count). The molecule has 0 bridgehead atoms. The van der Waals surface area contributed by atoms with Crippen LogP contribution in [0, 0.1) is 13.8 Å². The molecule has 0 unspecified atom stereocenters. The molecule has 0 fully saturated rings. The summed E-state index contributed by atoms with van der Waals surface area (Å²) in [6.07, 6.45) is 3.19. The Labute approximate surface area is 148 Å². The molecule has 0 aliphatic heterocycles. The molecule has 4 nitrogen and oxygen atoms in total. The lowest BCUT2D eigenvalue weighted by molar-refractivity contribution is -0.121. The summed E-state index contributed by atoms with van der Waals surface area (Å²) in [4.78, 5) is 15.2. The number of hydrogen-bond donors (Lipinski definition) is 2. The van der Waals surface area contributed by atoms with E-state index in [1.54, 1.807) is 0 Å². The van der Waals surface area contributed by atoms with E-state index in [9.17, 15) is 4.79 Å². The number of nitrogens with one attached hydrogen (secondary N) is 2. The van der Waals surface area contributed by atoms with Gasteiger partial charge in [-0.05, 0) is 55.2 Å². The van der Waals surface area contributed by atoms with E-state index in [0.29, 0.717) is 19.6 Å². The van der Waals surface area contributed by atoms with Gasteiger partial charge in [-0.25, -0.2) is 0 Å². The Balaban J connectivity index is 1.41. The molecule has 0 saturated carbocycles.